The molecule has 0 radical (unpaired) electrons. The fraction of sp³-hybridized carbons (Fsp3) is 0.462. The number of nitro benzene ring substituents is 1. The van der Waals surface area contributed by atoms with Gasteiger partial charge in [0.05, 0.1) is 17.1 Å². The highest BCUT2D eigenvalue weighted by Gasteiger charge is 2.39. The summed E-state index contributed by atoms with van der Waals surface area (Å²) >= 11 is 0. The Hall–Kier alpha value is -1.95. The Morgan fingerprint density at radius 2 is 2.21 bits per heavy atom. The number of nitrogens with one attached hydrogen (secondary N) is 1. The van der Waals surface area contributed by atoms with Gasteiger partial charge in [-0.1, -0.05) is 12.1 Å². The van der Waals surface area contributed by atoms with Crippen molar-refractivity contribution in [3.8, 4) is 0 Å². The molecule has 1 aliphatic carbocycles. The highest BCUT2D eigenvalue weighted by atomic mass is 16.6. The monoisotopic (exact) mass is 264 g/mol. The number of rotatable bonds is 4. The van der Waals surface area contributed by atoms with Crippen LogP contribution in [-0.4, -0.2) is 28.1 Å². The number of aliphatic hydroxyl groups is 1. The van der Waals surface area contributed by atoms with Crippen LogP contribution in [0.5, 0.6) is 0 Å². The topological polar surface area (TPSA) is 92.5 Å². The fourth-order valence-electron chi connectivity index (χ4n) is 2.33. The largest absolute Gasteiger partial charge is 0.394 e. The number of benzene rings is 1. The third-order valence-electron chi connectivity index (χ3n) is 3.67. The van der Waals surface area contributed by atoms with Gasteiger partial charge < -0.3 is 10.4 Å². The molecule has 0 unspecified atom stereocenters. The zero-order chi connectivity index (χ0) is 14.0. The van der Waals surface area contributed by atoms with Crippen LogP contribution >= 0.6 is 0 Å². The Morgan fingerprint density at radius 1 is 1.53 bits per heavy atom. The van der Waals surface area contributed by atoms with Crippen molar-refractivity contribution in [2.75, 3.05) is 6.61 Å². The molecule has 0 saturated heterocycles. The van der Waals surface area contributed by atoms with Crippen molar-refractivity contribution in [3.05, 3.63) is 39.4 Å². The Kier molecular flexibility index (Phi) is 3.53. The Bertz CT molecular complexity index is 518. The highest BCUT2D eigenvalue weighted by molar-refractivity contribution is 6.00. The number of nitro groups is 1. The van der Waals surface area contributed by atoms with E-state index in [0.717, 1.165) is 6.42 Å². The Labute approximate surface area is 110 Å². The van der Waals surface area contributed by atoms with Gasteiger partial charge in [0, 0.05) is 6.07 Å². The number of aryl methyl sites for hydroxylation is 1. The van der Waals surface area contributed by atoms with E-state index in [9.17, 15) is 20.0 Å². The van der Waals surface area contributed by atoms with E-state index in [1.807, 2.05) is 0 Å². The average molecular weight is 264 g/mol. The third-order valence-corrected chi connectivity index (χ3v) is 3.67. The minimum atomic E-state index is -0.604. The smallest absolute Gasteiger partial charge is 0.282 e. The van der Waals surface area contributed by atoms with Crippen LogP contribution in [0.15, 0.2) is 18.2 Å². The lowest BCUT2D eigenvalue weighted by molar-refractivity contribution is -0.385. The van der Waals surface area contributed by atoms with Crippen molar-refractivity contribution >= 4 is 11.6 Å². The van der Waals surface area contributed by atoms with Crippen LogP contribution in [0.3, 0.4) is 0 Å². The van der Waals surface area contributed by atoms with Crippen LogP contribution in [0.1, 0.15) is 35.2 Å². The predicted molar refractivity (Wildman–Crippen MR) is 69.0 cm³/mol. The molecule has 0 aliphatic heterocycles. The molecule has 1 aliphatic rings. The van der Waals surface area contributed by atoms with Gasteiger partial charge in [0.1, 0.15) is 5.56 Å². The minimum absolute atomic E-state index is 0.0761. The van der Waals surface area contributed by atoms with Gasteiger partial charge in [0.25, 0.3) is 11.6 Å². The summed E-state index contributed by atoms with van der Waals surface area (Å²) in [6.45, 7) is 1.52. The zero-order valence-electron chi connectivity index (χ0n) is 10.7. The second-order valence-electron chi connectivity index (χ2n) is 4.97. The lowest BCUT2D eigenvalue weighted by Crippen LogP contribution is -2.56. The third kappa shape index (κ3) is 2.44. The Morgan fingerprint density at radius 3 is 2.68 bits per heavy atom. The van der Waals surface area contributed by atoms with Gasteiger partial charge in [-0.2, -0.15) is 0 Å². The normalized spacial score (nSPS) is 16.5. The zero-order valence-corrected chi connectivity index (χ0v) is 10.7. The summed E-state index contributed by atoms with van der Waals surface area (Å²) in [5, 5.41) is 23.0. The van der Waals surface area contributed by atoms with Crippen molar-refractivity contribution in [1.29, 1.82) is 0 Å². The van der Waals surface area contributed by atoms with Gasteiger partial charge in [0.15, 0.2) is 0 Å². The fourth-order valence-corrected chi connectivity index (χ4v) is 2.33. The first-order valence-electron chi connectivity index (χ1n) is 6.16. The molecule has 1 saturated carbocycles. The minimum Gasteiger partial charge on any atom is -0.394 e. The summed E-state index contributed by atoms with van der Waals surface area (Å²) in [5.74, 6) is -0.487. The maximum absolute atomic E-state index is 12.2. The van der Waals surface area contributed by atoms with E-state index >= 15 is 0 Å². The molecule has 1 aromatic carbocycles. The number of hydrogen-bond donors (Lipinski definition) is 2. The van der Waals surface area contributed by atoms with Crippen molar-refractivity contribution in [3.63, 3.8) is 0 Å². The molecule has 1 amide bonds. The summed E-state index contributed by atoms with van der Waals surface area (Å²) in [7, 11) is 0. The summed E-state index contributed by atoms with van der Waals surface area (Å²) in [5.41, 5.74) is -0.177. The van der Waals surface area contributed by atoms with Crippen LogP contribution in [-0.2, 0) is 0 Å². The summed E-state index contributed by atoms with van der Waals surface area (Å²) in [6, 6.07) is 4.53. The number of aliphatic hydroxyl groups excluding tert-OH is 1. The molecule has 0 aromatic heterocycles. The molecule has 0 heterocycles. The van der Waals surface area contributed by atoms with Gasteiger partial charge in [-0.25, -0.2) is 0 Å². The lowest BCUT2D eigenvalue weighted by atomic mass is 9.77. The molecule has 6 heteroatoms. The lowest BCUT2D eigenvalue weighted by Gasteiger charge is -2.40. The van der Waals surface area contributed by atoms with E-state index in [1.165, 1.54) is 6.07 Å². The maximum Gasteiger partial charge on any atom is 0.282 e. The van der Waals surface area contributed by atoms with E-state index in [-0.39, 0.29) is 17.9 Å². The Balaban J connectivity index is 2.31. The molecule has 0 bridgehead atoms. The van der Waals surface area contributed by atoms with Gasteiger partial charge in [-0.05, 0) is 31.7 Å². The SMILES string of the molecule is Cc1cccc([N+](=O)[O-])c1C(=O)NC1(CO)CCC1. The molecular formula is C13H16N2O4. The molecular weight excluding hydrogens is 248 g/mol. The van der Waals surface area contributed by atoms with Crippen molar-refractivity contribution in [2.45, 2.75) is 31.7 Å². The first kappa shape index (κ1) is 13.5. The number of nitrogens with zero attached hydrogens (tertiary/aromatic N) is 1. The van der Waals surface area contributed by atoms with E-state index in [1.54, 1.807) is 19.1 Å². The standard InChI is InChI=1S/C13H16N2O4/c1-9-4-2-5-10(15(18)19)11(9)12(17)14-13(8-16)6-3-7-13/h2,4-5,16H,3,6-8H2,1H3,(H,14,17). The first-order chi connectivity index (χ1) is 8.99. The number of hydrogen-bond acceptors (Lipinski definition) is 4. The van der Waals surface area contributed by atoms with Gasteiger partial charge in [0.2, 0.25) is 0 Å². The molecule has 0 spiro atoms. The van der Waals surface area contributed by atoms with Crippen LogP contribution in [0, 0.1) is 17.0 Å². The van der Waals surface area contributed by atoms with Gasteiger partial charge in [-0.3, -0.25) is 14.9 Å². The van der Waals surface area contributed by atoms with Crippen LogP contribution in [0.2, 0.25) is 0 Å². The van der Waals surface area contributed by atoms with E-state index in [2.05, 4.69) is 5.32 Å². The van der Waals surface area contributed by atoms with Crippen LogP contribution in [0.25, 0.3) is 0 Å². The maximum atomic E-state index is 12.2. The van der Waals surface area contributed by atoms with Crippen LogP contribution < -0.4 is 5.32 Å². The molecule has 102 valence electrons. The van der Waals surface area contributed by atoms with E-state index in [0.29, 0.717) is 18.4 Å². The molecule has 19 heavy (non-hydrogen) atoms. The highest BCUT2D eigenvalue weighted by Crippen LogP contribution is 2.32. The summed E-state index contributed by atoms with van der Waals surface area (Å²) in [6.07, 6.45) is 2.35. The predicted octanol–water partition coefficient (Wildman–Crippen LogP) is 1.55. The van der Waals surface area contributed by atoms with Crippen LogP contribution in [0.4, 0.5) is 5.69 Å². The number of amides is 1. The molecule has 1 fully saturated rings. The average Bonchev–Trinajstić information content (AvgIpc) is 2.33. The number of carbonyl (C=O) groups excluding carboxylic acids is 1. The second kappa shape index (κ2) is 4.97. The first-order valence-corrected chi connectivity index (χ1v) is 6.16. The van der Waals surface area contributed by atoms with Crippen molar-refractivity contribution in [2.24, 2.45) is 0 Å². The van der Waals surface area contributed by atoms with Gasteiger partial charge >= 0.3 is 0 Å². The molecule has 0 atom stereocenters. The number of carbonyl (C=O) groups is 1. The van der Waals surface area contributed by atoms with Crippen molar-refractivity contribution in [1.82, 2.24) is 5.32 Å². The molecule has 6 nitrogen and oxygen atoms in total. The van der Waals surface area contributed by atoms with Crippen molar-refractivity contribution < 1.29 is 14.8 Å². The summed E-state index contributed by atoms with van der Waals surface area (Å²) in [4.78, 5) is 22.6. The quantitative estimate of drug-likeness (QED) is 0.637. The molecule has 2 rings (SSSR count). The van der Waals surface area contributed by atoms with Gasteiger partial charge in [-0.15, -0.1) is 0 Å². The molecule has 1 aromatic rings. The second-order valence-corrected chi connectivity index (χ2v) is 4.97. The van der Waals surface area contributed by atoms with E-state index in [4.69, 9.17) is 0 Å². The summed E-state index contributed by atoms with van der Waals surface area (Å²) < 4.78 is 0. The van der Waals surface area contributed by atoms with E-state index < -0.39 is 16.4 Å². The molecule has 2 N–H and O–H groups in total.